The van der Waals surface area contributed by atoms with Gasteiger partial charge in [0.2, 0.25) is 11.1 Å². The van der Waals surface area contributed by atoms with Crippen molar-refractivity contribution >= 4 is 29.1 Å². The predicted molar refractivity (Wildman–Crippen MR) is 113 cm³/mol. The van der Waals surface area contributed by atoms with Crippen LogP contribution in [0.1, 0.15) is 43.0 Å². The third kappa shape index (κ3) is 5.99. The number of amides is 1. The van der Waals surface area contributed by atoms with Crippen LogP contribution < -0.4 is 5.32 Å². The summed E-state index contributed by atoms with van der Waals surface area (Å²) in [6.07, 6.45) is 3.53. The smallest absolute Gasteiger partial charge is 0.224 e. The molecule has 8 heteroatoms. The molecular weight excluding hydrogens is 386 g/mol. The summed E-state index contributed by atoms with van der Waals surface area (Å²) in [7, 11) is 0. The van der Waals surface area contributed by atoms with Crippen LogP contribution in [0.15, 0.2) is 59.8 Å². The summed E-state index contributed by atoms with van der Waals surface area (Å²) in [5.74, 6) is 0.190. The van der Waals surface area contributed by atoms with E-state index in [2.05, 4.69) is 27.8 Å². The van der Waals surface area contributed by atoms with Gasteiger partial charge in [-0.1, -0.05) is 49.7 Å². The highest BCUT2D eigenvalue weighted by Gasteiger charge is 2.13. The van der Waals surface area contributed by atoms with E-state index in [0.29, 0.717) is 22.8 Å². The Morgan fingerprint density at radius 3 is 2.52 bits per heavy atom. The summed E-state index contributed by atoms with van der Waals surface area (Å²) in [6.45, 7) is 2.11. The number of carbonyl (C=O) groups is 2. The molecule has 0 saturated heterocycles. The standard InChI is InChI=1S/C21H23N5O2S/c1-2-3-5-10-20(28)22-17-13-11-16(12-14-17)19(27)15-29-21-23-24-25-26(21)18-8-6-4-7-9-18/h4,6-9,11-14H,2-3,5,10,15H2,1H3,(H,22,28). The van der Waals surface area contributed by atoms with Crippen LogP contribution in [0.2, 0.25) is 0 Å². The molecule has 29 heavy (non-hydrogen) atoms. The van der Waals surface area contributed by atoms with Gasteiger partial charge in [-0.3, -0.25) is 9.59 Å². The van der Waals surface area contributed by atoms with Gasteiger partial charge in [-0.15, -0.1) is 5.10 Å². The minimum Gasteiger partial charge on any atom is -0.326 e. The monoisotopic (exact) mass is 409 g/mol. The fourth-order valence-electron chi connectivity index (χ4n) is 2.71. The topological polar surface area (TPSA) is 89.8 Å². The second-order valence-electron chi connectivity index (χ2n) is 6.50. The maximum atomic E-state index is 12.5. The summed E-state index contributed by atoms with van der Waals surface area (Å²) < 4.78 is 1.61. The number of hydrogen-bond acceptors (Lipinski definition) is 6. The highest BCUT2D eigenvalue weighted by atomic mass is 32.2. The number of hydrogen-bond donors (Lipinski definition) is 1. The Bertz CT molecular complexity index is 941. The average molecular weight is 410 g/mol. The Labute approximate surface area is 173 Å². The largest absolute Gasteiger partial charge is 0.326 e. The lowest BCUT2D eigenvalue weighted by molar-refractivity contribution is -0.116. The van der Waals surface area contributed by atoms with Gasteiger partial charge >= 0.3 is 0 Å². The minimum atomic E-state index is -0.0292. The first-order valence-corrected chi connectivity index (χ1v) is 10.6. The third-order valence-electron chi connectivity index (χ3n) is 4.27. The van der Waals surface area contributed by atoms with Crippen LogP contribution in [0, 0.1) is 0 Å². The number of unbranched alkanes of at least 4 members (excludes halogenated alkanes) is 2. The maximum absolute atomic E-state index is 12.5. The van der Waals surface area contributed by atoms with Gasteiger partial charge in [-0.05, 0) is 53.2 Å². The van der Waals surface area contributed by atoms with Crippen molar-refractivity contribution in [2.75, 3.05) is 11.1 Å². The van der Waals surface area contributed by atoms with Crippen LogP contribution in [-0.2, 0) is 4.79 Å². The number of para-hydroxylation sites is 1. The maximum Gasteiger partial charge on any atom is 0.224 e. The molecule has 0 fully saturated rings. The molecule has 0 bridgehead atoms. The Hall–Kier alpha value is -3.00. The van der Waals surface area contributed by atoms with Crippen molar-refractivity contribution in [2.24, 2.45) is 0 Å². The molecule has 0 aliphatic rings. The van der Waals surface area contributed by atoms with E-state index in [1.54, 1.807) is 28.9 Å². The van der Waals surface area contributed by atoms with E-state index in [-0.39, 0.29) is 17.4 Å². The summed E-state index contributed by atoms with van der Waals surface area (Å²) in [4.78, 5) is 24.4. The van der Waals surface area contributed by atoms with Gasteiger partial charge in [0.1, 0.15) is 0 Å². The third-order valence-corrected chi connectivity index (χ3v) is 5.19. The zero-order valence-electron chi connectivity index (χ0n) is 16.2. The molecule has 150 valence electrons. The van der Waals surface area contributed by atoms with Crippen molar-refractivity contribution in [3.05, 3.63) is 60.2 Å². The predicted octanol–water partition coefficient (Wildman–Crippen LogP) is 4.16. The number of rotatable bonds is 10. The normalized spacial score (nSPS) is 10.7. The van der Waals surface area contributed by atoms with Crippen molar-refractivity contribution in [1.29, 1.82) is 0 Å². The second-order valence-corrected chi connectivity index (χ2v) is 7.45. The Morgan fingerprint density at radius 1 is 1.03 bits per heavy atom. The molecular formula is C21H23N5O2S. The fourth-order valence-corrected chi connectivity index (χ4v) is 3.50. The van der Waals surface area contributed by atoms with Crippen molar-refractivity contribution in [3.8, 4) is 5.69 Å². The molecule has 0 radical (unpaired) electrons. The van der Waals surface area contributed by atoms with Crippen molar-refractivity contribution in [1.82, 2.24) is 20.2 Å². The number of ketones is 1. The number of nitrogens with one attached hydrogen (secondary N) is 1. The Kier molecular flexibility index (Phi) is 7.52. The van der Waals surface area contributed by atoms with E-state index >= 15 is 0 Å². The van der Waals surface area contributed by atoms with Crippen LogP contribution in [0.25, 0.3) is 5.69 Å². The van der Waals surface area contributed by atoms with Crippen LogP contribution in [0.4, 0.5) is 5.69 Å². The zero-order chi connectivity index (χ0) is 20.5. The number of thioether (sulfide) groups is 1. The highest BCUT2D eigenvalue weighted by molar-refractivity contribution is 7.99. The number of carbonyl (C=O) groups excluding carboxylic acids is 2. The zero-order valence-corrected chi connectivity index (χ0v) is 17.1. The van der Waals surface area contributed by atoms with Gasteiger partial charge in [0.25, 0.3) is 0 Å². The number of anilines is 1. The molecule has 1 N–H and O–H groups in total. The molecule has 0 aliphatic carbocycles. The molecule has 0 atom stereocenters. The molecule has 0 unspecified atom stereocenters. The van der Waals surface area contributed by atoms with Gasteiger partial charge < -0.3 is 5.32 Å². The lowest BCUT2D eigenvalue weighted by Gasteiger charge is -2.06. The first kappa shape index (κ1) is 20.7. The molecule has 3 aromatic rings. The second kappa shape index (κ2) is 10.5. The number of aromatic nitrogens is 4. The lowest BCUT2D eigenvalue weighted by Crippen LogP contribution is -2.11. The molecule has 0 spiro atoms. The molecule has 1 aromatic heterocycles. The number of Topliss-reactive ketones (excluding diaryl/α,β-unsaturated/α-hetero) is 1. The summed E-state index contributed by atoms with van der Waals surface area (Å²) in [6, 6.07) is 16.5. The Morgan fingerprint density at radius 2 is 1.79 bits per heavy atom. The average Bonchev–Trinajstić information content (AvgIpc) is 3.22. The lowest BCUT2D eigenvalue weighted by atomic mass is 10.1. The highest BCUT2D eigenvalue weighted by Crippen LogP contribution is 2.20. The van der Waals surface area contributed by atoms with Crippen LogP contribution in [-0.4, -0.2) is 37.7 Å². The number of tetrazole rings is 1. The van der Waals surface area contributed by atoms with E-state index in [4.69, 9.17) is 0 Å². The summed E-state index contributed by atoms with van der Waals surface area (Å²) in [5, 5.41) is 15.1. The first-order chi connectivity index (χ1) is 14.2. The molecule has 1 heterocycles. The number of benzene rings is 2. The van der Waals surface area contributed by atoms with E-state index < -0.39 is 0 Å². The molecule has 7 nitrogen and oxygen atoms in total. The minimum absolute atomic E-state index is 0.000769. The molecule has 0 aliphatic heterocycles. The van der Waals surface area contributed by atoms with Crippen LogP contribution in [0.5, 0.6) is 0 Å². The first-order valence-electron chi connectivity index (χ1n) is 9.57. The Balaban J connectivity index is 1.54. The van der Waals surface area contributed by atoms with Gasteiger partial charge in [-0.2, -0.15) is 4.68 Å². The molecule has 3 rings (SSSR count). The van der Waals surface area contributed by atoms with Gasteiger partial charge in [0, 0.05) is 17.7 Å². The molecule has 1 amide bonds. The number of nitrogens with zero attached hydrogens (tertiary/aromatic N) is 4. The SMILES string of the molecule is CCCCCC(=O)Nc1ccc(C(=O)CSc2nnnn2-c2ccccc2)cc1. The van der Waals surface area contributed by atoms with Crippen LogP contribution >= 0.6 is 11.8 Å². The summed E-state index contributed by atoms with van der Waals surface area (Å²) >= 11 is 1.29. The van der Waals surface area contributed by atoms with E-state index in [1.165, 1.54) is 11.8 Å². The fraction of sp³-hybridized carbons (Fsp3) is 0.286. The summed E-state index contributed by atoms with van der Waals surface area (Å²) in [5.41, 5.74) is 2.12. The molecule has 0 saturated carbocycles. The van der Waals surface area contributed by atoms with E-state index in [0.717, 1.165) is 24.9 Å². The molecule has 2 aromatic carbocycles. The van der Waals surface area contributed by atoms with Gasteiger partial charge in [0.15, 0.2) is 5.78 Å². The van der Waals surface area contributed by atoms with Crippen molar-refractivity contribution in [3.63, 3.8) is 0 Å². The van der Waals surface area contributed by atoms with E-state index in [9.17, 15) is 9.59 Å². The van der Waals surface area contributed by atoms with Crippen LogP contribution in [0.3, 0.4) is 0 Å². The van der Waals surface area contributed by atoms with Gasteiger partial charge in [-0.25, -0.2) is 0 Å². The van der Waals surface area contributed by atoms with E-state index in [1.807, 2.05) is 30.3 Å². The van der Waals surface area contributed by atoms with Crippen molar-refractivity contribution in [2.45, 2.75) is 37.8 Å². The quantitative estimate of drug-likeness (QED) is 0.307. The van der Waals surface area contributed by atoms with Crippen molar-refractivity contribution < 1.29 is 9.59 Å². The van der Waals surface area contributed by atoms with Gasteiger partial charge in [0.05, 0.1) is 11.4 Å².